The lowest BCUT2D eigenvalue weighted by molar-refractivity contribution is 0.102. The summed E-state index contributed by atoms with van der Waals surface area (Å²) in [5.74, 6) is -0.0531. The van der Waals surface area contributed by atoms with Gasteiger partial charge in [-0.25, -0.2) is 0 Å². The molecule has 2 aromatic carbocycles. The number of alkyl halides is 1. The lowest BCUT2D eigenvalue weighted by Crippen LogP contribution is -2.22. The molecule has 1 atom stereocenters. The lowest BCUT2D eigenvalue weighted by atomic mass is 10.1. The second kappa shape index (κ2) is 7.99. The van der Waals surface area contributed by atoms with Gasteiger partial charge >= 0.3 is 0 Å². The summed E-state index contributed by atoms with van der Waals surface area (Å²) in [7, 11) is 0. The van der Waals surface area contributed by atoms with Crippen molar-refractivity contribution >= 4 is 28.9 Å². The summed E-state index contributed by atoms with van der Waals surface area (Å²) in [4.78, 5) is 12.5. The number of rotatable bonds is 6. The van der Waals surface area contributed by atoms with Crippen molar-refractivity contribution < 1.29 is 9.90 Å². The number of hydrogen-bond donors (Lipinski definition) is 3. The Labute approximate surface area is 141 Å². The van der Waals surface area contributed by atoms with Crippen LogP contribution in [0.25, 0.3) is 0 Å². The summed E-state index contributed by atoms with van der Waals surface area (Å²) in [6.07, 6.45) is -0.660. The Morgan fingerprint density at radius 2 is 1.83 bits per heavy atom. The molecule has 0 heterocycles. The Balaban J connectivity index is 2.15. The SMILES string of the molecule is Cc1cc(C)cc(NC(=O)c2ccccc2NCC(O)CCl)c1. The van der Waals surface area contributed by atoms with Gasteiger partial charge in [0.25, 0.3) is 5.91 Å². The number of hydrogen-bond acceptors (Lipinski definition) is 3. The number of aliphatic hydroxyl groups is 1. The topological polar surface area (TPSA) is 61.4 Å². The van der Waals surface area contributed by atoms with Crippen molar-refractivity contribution in [3.63, 3.8) is 0 Å². The number of anilines is 2. The van der Waals surface area contributed by atoms with E-state index in [9.17, 15) is 9.90 Å². The highest BCUT2D eigenvalue weighted by Gasteiger charge is 2.12. The van der Waals surface area contributed by atoms with Crippen molar-refractivity contribution in [3.8, 4) is 0 Å². The highest BCUT2D eigenvalue weighted by molar-refractivity contribution is 6.18. The molecule has 1 amide bonds. The summed E-state index contributed by atoms with van der Waals surface area (Å²) in [5, 5.41) is 15.5. The zero-order valence-electron chi connectivity index (χ0n) is 13.3. The van der Waals surface area contributed by atoms with Crippen LogP contribution in [-0.4, -0.2) is 29.5 Å². The lowest BCUT2D eigenvalue weighted by Gasteiger charge is -2.14. The Kier molecular flexibility index (Phi) is 6.02. The van der Waals surface area contributed by atoms with Gasteiger partial charge in [0, 0.05) is 17.9 Å². The fourth-order valence-corrected chi connectivity index (χ4v) is 2.47. The first-order chi connectivity index (χ1) is 11.0. The minimum absolute atomic E-state index is 0.143. The molecule has 3 N–H and O–H groups in total. The van der Waals surface area contributed by atoms with Gasteiger partial charge in [-0.3, -0.25) is 4.79 Å². The highest BCUT2D eigenvalue weighted by Crippen LogP contribution is 2.19. The van der Waals surface area contributed by atoms with Gasteiger partial charge in [-0.05, 0) is 49.2 Å². The first-order valence-corrected chi connectivity index (χ1v) is 7.99. The third-order valence-electron chi connectivity index (χ3n) is 3.36. The zero-order valence-corrected chi connectivity index (χ0v) is 14.0. The van der Waals surface area contributed by atoms with E-state index in [1.165, 1.54) is 0 Å². The molecule has 4 nitrogen and oxygen atoms in total. The average Bonchev–Trinajstić information content (AvgIpc) is 2.51. The van der Waals surface area contributed by atoms with E-state index in [-0.39, 0.29) is 18.3 Å². The minimum atomic E-state index is -0.660. The summed E-state index contributed by atoms with van der Waals surface area (Å²) < 4.78 is 0. The molecule has 1 unspecified atom stereocenters. The van der Waals surface area contributed by atoms with Gasteiger partial charge in [0.05, 0.1) is 17.5 Å². The number of halogens is 1. The number of carbonyl (C=O) groups excluding carboxylic acids is 1. The average molecular weight is 333 g/mol. The number of aliphatic hydroxyl groups excluding tert-OH is 1. The molecule has 122 valence electrons. The normalized spacial score (nSPS) is 11.8. The molecular formula is C18H21ClN2O2. The molecule has 0 aliphatic carbocycles. The van der Waals surface area contributed by atoms with Crippen molar-refractivity contribution in [2.24, 2.45) is 0 Å². The smallest absolute Gasteiger partial charge is 0.257 e. The fourth-order valence-electron chi connectivity index (χ4n) is 2.36. The maximum Gasteiger partial charge on any atom is 0.257 e. The van der Waals surface area contributed by atoms with Crippen LogP contribution in [0.4, 0.5) is 11.4 Å². The monoisotopic (exact) mass is 332 g/mol. The molecular weight excluding hydrogens is 312 g/mol. The minimum Gasteiger partial charge on any atom is -0.390 e. The highest BCUT2D eigenvalue weighted by atomic mass is 35.5. The van der Waals surface area contributed by atoms with E-state index in [0.29, 0.717) is 11.3 Å². The molecule has 0 aliphatic rings. The third-order valence-corrected chi connectivity index (χ3v) is 3.71. The maximum absolute atomic E-state index is 12.5. The van der Waals surface area contributed by atoms with Gasteiger partial charge in [0.1, 0.15) is 0 Å². The summed E-state index contributed by atoms with van der Waals surface area (Å²) in [5.41, 5.74) is 4.14. The van der Waals surface area contributed by atoms with Crippen LogP contribution < -0.4 is 10.6 Å². The Hall–Kier alpha value is -2.04. The van der Waals surface area contributed by atoms with Gasteiger partial charge < -0.3 is 15.7 Å². The molecule has 5 heteroatoms. The van der Waals surface area contributed by atoms with E-state index in [4.69, 9.17) is 11.6 Å². The number of nitrogens with one attached hydrogen (secondary N) is 2. The van der Waals surface area contributed by atoms with Crippen LogP contribution in [0.15, 0.2) is 42.5 Å². The van der Waals surface area contributed by atoms with E-state index in [1.54, 1.807) is 18.2 Å². The molecule has 23 heavy (non-hydrogen) atoms. The third kappa shape index (κ3) is 4.98. The molecule has 0 bridgehead atoms. The van der Waals surface area contributed by atoms with E-state index in [0.717, 1.165) is 16.8 Å². The van der Waals surface area contributed by atoms with Gasteiger partial charge in [-0.2, -0.15) is 0 Å². The van der Waals surface area contributed by atoms with E-state index in [1.807, 2.05) is 32.0 Å². The maximum atomic E-state index is 12.5. The van der Waals surface area contributed by atoms with Gasteiger partial charge in [-0.1, -0.05) is 18.2 Å². The van der Waals surface area contributed by atoms with E-state index < -0.39 is 6.10 Å². The molecule has 0 fully saturated rings. The predicted octanol–water partition coefficient (Wildman–Crippen LogP) is 3.57. The second-order valence-electron chi connectivity index (χ2n) is 5.57. The molecule has 0 radical (unpaired) electrons. The summed E-state index contributed by atoms with van der Waals surface area (Å²) >= 11 is 5.59. The molecule has 0 spiro atoms. The van der Waals surface area contributed by atoms with E-state index in [2.05, 4.69) is 16.7 Å². The largest absolute Gasteiger partial charge is 0.390 e. The van der Waals surface area contributed by atoms with Crippen molar-refractivity contribution in [3.05, 3.63) is 59.2 Å². The van der Waals surface area contributed by atoms with Gasteiger partial charge in [0.2, 0.25) is 0 Å². The van der Waals surface area contributed by atoms with Crippen molar-refractivity contribution in [1.29, 1.82) is 0 Å². The second-order valence-corrected chi connectivity index (χ2v) is 5.87. The number of aryl methyl sites for hydroxylation is 2. The van der Waals surface area contributed by atoms with Crippen LogP contribution in [0.2, 0.25) is 0 Å². The zero-order chi connectivity index (χ0) is 16.8. The quantitative estimate of drug-likeness (QED) is 0.709. The first-order valence-electron chi connectivity index (χ1n) is 7.46. The first kappa shape index (κ1) is 17.3. The summed E-state index contributed by atoms with van der Waals surface area (Å²) in [6, 6.07) is 13.1. The van der Waals surface area contributed by atoms with Crippen molar-refractivity contribution in [2.45, 2.75) is 20.0 Å². The fraction of sp³-hybridized carbons (Fsp3) is 0.278. The number of benzene rings is 2. The van der Waals surface area contributed by atoms with Crippen LogP contribution in [0, 0.1) is 13.8 Å². The number of amides is 1. The molecule has 0 saturated carbocycles. The predicted molar refractivity (Wildman–Crippen MR) is 95.5 cm³/mol. The Bertz CT molecular complexity index is 668. The summed E-state index contributed by atoms with van der Waals surface area (Å²) in [6.45, 7) is 4.27. The Morgan fingerprint density at radius 3 is 2.48 bits per heavy atom. The van der Waals surface area contributed by atoms with Crippen molar-refractivity contribution in [1.82, 2.24) is 0 Å². The molecule has 0 aromatic heterocycles. The van der Waals surface area contributed by atoms with Gasteiger partial charge in [0.15, 0.2) is 0 Å². The van der Waals surface area contributed by atoms with Gasteiger partial charge in [-0.15, -0.1) is 11.6 Å². The van der Waals surface area contributed by atoms with Crippen LogP contribution in [0.3, 0.4) is 0 Å². The van der Waals surface area contributed by atoms with Crippen LogP contribution >= 0.6 is 11.6 Å². The van der Waals surface area contributed by atoms with Crippen LogP contribution in [0.1, 0.15) is 21.5 Å². The Morgan fingerprint density at radius 1 is 1.17 bits per heavy atom. The standard InChI is InChI=1S/C18H21ClN2O2/c1-12-7-13(2)9-14(8-12)21-18(23)16-5-3-4-6-17(16)20-11-15(22)10-19/h3-9,15,20,22H,10-11H2,1-2H3,(H,21,23). The molecule has 0 saturated heterocycles. The molecule has 0 aliphatic heterocycles. The number of para-hydroxylation sites is 1. The van der Waals surface area contributed by atoms with E-state index >= 15 is 0 Å². The van der Waals surface area contributed by atoms with Crippen LogP contribution in [0.5, 0.6) is 0 Å². The van der Waals surface area contributed by atoms with Crippen LogP contribution in [-0.2, 0) is 0 Å². The molecule has 2 rings (SSSR count). The number of carbonyl (C=O) groups is 1. The molecule has 2 aromatic rings. The van der Waals surface area contributed by atoms with Crippen molar-refractivity contribution in [2.75, 3.05) is 23.1 Å².